The number of aromatic nitrogens is 1. The number of piperidine rings is 1. The molecule has 2 bridgehead atoms. The molecule has 0 saturated carbocycles. The summed E-state index contributed by atoms with van der Waals surface area (Å²) in [4.78, 5) is 29.1. The number of hydrogen-bond donors (Lipinski definition) is 2. The van der Waals surface area contributed by atoms with E-state index in [0.29, 0.717) is 12.8 Å². The lowest BCUT2D eigenvalue weighted by atomic mass is 9.99. The molecule has 2 fully saturated rings. The lowest BCUT2D eigenvalue weighted by Crippen LogP contribution is -2.48. The Hall–Kier alpha value is -1.95. The van der Waals surface area contributed by atoms with Crippen LogP contribution in [0.5, 0.6) is 0 Å². The van der Waals surface area contributed by atoms with Crippen LogP contribution >= 0.6 is 0 Å². The summed E-state index contributed by atoms with van der Waals surface area (Å²) in [6, 6.07) is 4.54. The highest BCUT2D eigenvalue weighted by atomic mass is 16.4. The molecule has 1 aromatic rings. The number of rotatable bonds is 2. The molecule has 20 heavy (non-hydrogen) atoms. The molecule has 1 amide bonds. The molecule has 2 aliphatic rings. The van der Waals surface area contributed by atoms with E-state index in [1.54, 1.807) is 11.0 Å². The maximum Gasteiger partial charge on any atom is 0.354 e. The Morgan fingerprint density at radius 3 is 2.35 bits per heavy atom. The Bertz CT molecular complexity index is 546. The molecule has 0 aliphatic carbocycles. The van der Waals surface area contributed by atoms with Crippen molar-refractivity contribution in [1.82, 2.24) is 9.88 Å². The van der Waals surface area contributed by atoms with E-state index >= 15 is 0 Å². The highest BCUT2D eigenvalue weighted by molar-refractivity contribution is 5.94. The number of aromatic carboxylic acids is 1. The normalized spacial score (nSPS) is 28.4. The Morgan fingerprint density at radius 2 is 1.75 bits per heavy atom. The summed E-state index contributed by atoms with van der Waals surface area (Å²) < 4.78 is 0. The van der Waals surface area contributed by atoms with Gasteiger partial charge in [0.1, 0.15) is 11.4 Å². The van der Waals surface area contributed by atoms with Crippen molar-refractivity contribution in [3.8, 4) is 0 Å². The van der Waals surface area contributed by atoms with Crippen molar-refractivity contribution >= 4 is 11.9 Å². The van der Waals surface area contributed by atoms with Crippen LogP contribution < -0.4 is 0 Å². The largest absolute Gasteiger partial charge is 0.477 e. The quantitative estimate of drug-likeness (QED) is 0.837. The Kier molecular flexibility index (Phi) is 3.17. The number of pyridine rings is 1. The van der Waals surface area contributed by atoms with Crippen molar-refractivity contribution < 1.29 is 19.8 Å². The highest BCUT2D eigenvalue weighted by Crippen LogP contribution is 2.36. The summed E-state index contributed by atoms with van der Waals surface area (Å²) in [5.41, 5.74) is 0.0402. The second-order valence-electron chi connectivity index (χ2n) is 5.44. The zero-order valence-electron chi connectivity index (χ0n) is 10.9. The van der Waals surface area contributed by atoms with Crippen LogP contribution in [0.1, 0.15) is 46.7 Å². The average Bonchev–Trinajstić information content (AvgIpc) is 2.70. The summed E-state index contributed by atoms with van der Waals surface area (Å²) in [6.07, 6.45) is 2.65. The average molecular weight is 276 g/mol. The molecule has 0 radical (unpaired) electrons. The minimum Gasteiger partial charge on any atom is -0.477 e. The Labute approximate surface area is 116 Å². The van der Waals surface area contributed by atoms with Gasteiger partial charge >= 0.3 is 5.97 Å². The monoisotopic (exact) mass is 276 g/mol. The third-order valence-corrected chi connectivity index (χ3v) is 4.13. The third kappa shape index (κ3) is 2.16. The van der Waals surface area contributed by atoms with E-state index in [2.05, 4.69) is 4.98 Å². The predicted molar refractivity (Wildman–Crippen MR) is 69.4 cm³/mol. The van der Waals surface area contributed by atoms with Crippen LogP contribution in [0.4, 0.5) is 0 Å². The van der Waals surface area contributed by atoms with Gasteiger partial charge in [0.25, 0.3) is 5.91 Å². The molecule has 2 aliphatic heterocycles. The summed E-state index contributed by atoms with van der Waals surface area (Å²) >= 11 is 0. The van der Waals surface area contributed by atoms with Crippen molar-refractivity contribution in [2.24, 2.45) is 0 Å². The second-order valence-corrected chi connectivity index (χ2v) is 5.44. The zero-order chi connectivity index (χ0) is 14.3. The van der Waals surface area contributed by atoms with Crippen molar-refractivity contribution in [3.05, 3.63) is 29.6 Å². The second kappa shape index (κ2) is 4.86. The topological polar surface area (TPSA) is 90.7 Å². The molecular weight excluding hydrogens is 260 g/mol. The number of carboxylic acid groups (broad SMARTS) is 1. The van der Waals surface area contributed by atoms with Crippen LogP contribution in [0.15, 0.2) is 18.2 Å². The summed E-state index contributed by atoms with van der Waals surface area (Å²) in [6.45, 7) is 0. The van der Waals surface area contributed by atoms with Gasteiger partial charge in [-0.25, -0.2) is 9.78 Å². The molecular formula is C14H16N2O4. The fourth-order valence-electron chi connectivity index (χ4n) is 3.29. The molecule has 3 heterocycles. The van der Waals surface area contributed by atoms with E-state index in [9.17, 15) is 14.7 Å². The molecule has 6 heteroatoms. The molecule has 2 unspecified atom stereocenters. The van der Waals surface area contributed by atoms with E-state index in [-0.39, 0.29) is 35.5 Å². The van der Waals surface area contributed by atoms with Gasteiger partial charge in [-0.15, -0.1) is 0 Å². The summed E-state index contributed by atoms with van der Waals surface area (Å²) in [5, 5.41) is 18.7. The first-order valence-electron chi connectivity index (χ1n) is 6.77. The number of aliphatic hydroxyl groups is 1. The van der Waals surface area contributed by atoms with Crippen molar-refractivity contribution in [3.63, 3.8) is 0 Å². The lowest BCUT2D eigenvalue weighted by molar-refractivity contribution is 0.0282. The number of fused-ring (bicyclic) bond motifs is 2. The first-order chi connectivity index (χ1) is 9.56. The van der Waals surface area contributed by atoms with Crippen LogP contribution in [-0.4, -0.2) is 50.2 Å². The number of carbonyl (C=O) groups is 2. The smallest absolute Gasteiger partial charge is 0.354 e. The van der Waals surface area contributed by atoms with Crippen LogP contribution in [0.25, 0.3) is 0 Å². The number of hydrogen-bond acceptors (Lipinski definition) is 4. The van der Waals surface area contributed by atoms with Gasteiger partial charge in [-0.05, 0) is 37.8 Å². The summed E-state index contributed by atoms with van der Waals surface area (Å²) in [5.74, 6) is -1.37. The first-order valence-corrected chi connectivity index (χ1v) is 6.77. The Morgan fingerprint density at radius 1 is 1.15 bits per heavy atom. The molecule has 2 N–H and O–H groups in total. The molecule has 106 valence electrons. The van der Waals surface area contributed by atoms with Gasteiger partial charge in [-0.1, -0.05) is 6.07 Å². The van der Waals surface area contributed by atoms with Gasteiger partial charge in [0, 0.05) is 12.1 Å². The van der Waals surface area contributed by atoms with Crippen LogP contribution in [0.3, 0.4) is 0 Å². The van der Waals surface area contributed by atoms with Crippen molar-refractivity contribution in [1.29, 1.82) is 0 Å². The number of nitrogens with zero attached hydrogens (tertiary/aromatic N) is 2. The van der Waals surface area contributed by atoms with Gasteiger partial charge < -0.3 is 15.1 Å². The van der Waals surface area contributed by atoms with Crippen molar-refractivity contribution in [2.45, 2.75) is 43.9 Å². The highest BCUT2D eigenvalue weighted by Gasteiger charge is 2.43. The molecule has 0 spiro atoms. The third-order valence-electron chi connectivity index (χ3n) is 4.13. The van der Waals surface area contributed by atoms with E-state index in [0.717, 1.165) is 12.8 Å². The fourth-order valence-corrected chi connectivity index (χ4v) is 3.29. The Balaban J connectivity index is 1.86. The van der Waals surface area contributed by atoms with Gasteiger partial charge in [0.15, 0.2) is 0 Å². The zero-order valence-corrected chi connectivity index (χ0v) is 10.9. The van der Waals surface area contributed by atoms with E-state index in [1.165, 1.54) is 12.1 Å². The lowest BCUT2D eigenvalue weighted by Gasteiger charge is -2.37. The minimum atomic E-state index is -1.14. The predicted octanol–water partition coefficient (Wildman–Crippen LogP) is 0.908. The molecule has 2 saturated heterocycles. The number of amides is 1. The maximum absolute atomic E-state index is 12.5. The maximum atomic E-state index is 12.5. The first kappa shape index (κ1) is 13.1. The van der Waals surface area contributed by atoms with Gasteiger partial charge in [0.2, 0.25) is 0 Å². The number of aliphatic hydroxyl groups excluding tert-OH is 1. The van der Waals surface area contributed by atoms with Crippen molar-refractivity contribution in [2.75, 3.05) is 0 Å². The van der Waals surface area contributed by atoms with E-state index in [1.807, 2.05) is 0 Å². The van der Waals surface area contributed by atoms with Gasteiger partial charge in [-0.2, -0.15) is 0 Å². The summed E-state index contributed by atoms with van der Waals surface area (Å²) in [7, 11) is 0. The minimum absolute atomic E-state index is 0.0477. The van der Waals surface area contributed by atoms with E-state index in [4.69, 9.17) is 5.11 Å². The standard InChI is InChI=1S/C14H16N2O4/c17-10-6-8-4-5-9(7-10)16(8)13(18)11-2-1-3-12(15-11)14(19)20/h1-3,8-10,17H,4-7H2,(H,19,20). The SMILES string of the molecule is O=C(O)c1cccc(C(=O)N2C3CCC2CC(O)C3)n1. The number of carboxylic acids is 1. The van der Waals surface area contributed by atoms with Crippen LogP contribution in [-0.2, 0) is 0 Å². The van der Waals surface area contributed by atoms with Crippen LogP contribution in [0, 0.1) is 0 Å². The van der Waals surface area contributed by atoms with Gasteiger partial charge in [0.05, 0.1) is 6.10 Å². The van der Waals surface area contributed by atoms with Crippen LogP contribution in [0.2, 0.25) is 0 Å². The number of carbonyl (C=O) groups excluding carboxylic acids is 1. The van der Waals surface area contributed by atoms with Gasteiger partial charge in [-0.3, -0.25) is 4.79 Å². The van der Waals surface area contributed by atoms with E-state index < -0.39 is 5.97 Å². The molecule has 2 atom stereocenters. The molecule has 1 aromatic heterocycles. The molecule has 3 rings (SSSR count). The molecule has 0 aromatic carbocycles. The molecule has 6 nitrogen and oxygen atoms in total. The fraction of sp³-hybridized carbons (Fsp3) is 0.500.